The Balaban J connectivity index is 1.70. The Kier molecular flexibility index (Phi) is 5.31. The number of likely N-dealkylation sites (N-methyl/N-ethyl adjacent to an activating group) is 1. The highest BCUT2D eigenvalue weighted by Gasteiger charge is 2.32. The third-order valence-corrected chi connectivity index (χ3v) is 3.48. The number of imide groups is 1. The van der Waals surface area contributed by atoms with Crippen molar-refractivity contribution in [2.45, 2.75) is 19.4 Å². The number of amides is 3. The van der Waals surface area contributed by atoms with Crippen LogP contribution in [0.4, 0.5) is 4.79 Å². The van der Waals surface area contributed by atoms with Crippen molar-refractivity contribution >= 4 is 17.9 Å². The van der Waals surface area contributed by atoms with Gasteiger partial charge in [-0.1, -0.05) is 12.1 Å². The molecule has 0 bridgehead atoms. The van der Waals surface area contributed by atoms with Crippen LogP contribution >= 0.6 is 0 Å². The molecule has 0 spiro atoms. The highest BCUT2D eigenvalue weighted by Crippen LogP contribution is 2.10. The summed E-state index contributed by atoms with van der Waals surface area (Å²) in [6, 6.07) is 8.45. The number of hydrogen-bond donors (Lipinski definition) is 0. The first kappa shape index (κ1) is 16.5. The molecular weight excluding hydrogens is 298 g/mol. The molecule has 1 aliphatic rings. The predicted molar refractivity (Wildman–Crippen MR) is 79.9 cm³/mol. The van der Waals surface area contributed by atoms with Crippen LogP contribution in [-0.4, -0.2) is 47.8 Å². The molecule has 3 amide bonds. The highest BCUT2D eigenvalue weighted by atomic mass is 16.5. The largest absolute Gasteiger partial charge is 0.461 e. The molecule has 1 aromatic carbocycles. The van der Waals surface area contributed by atoms with Crippen LogP contribution in [0.3, 0.4) is 0 Å². The molecule has 0 N–H and O–H groups in total. The van der Waals surface area contributed by atoms with E-state index < -0.39 is 0 Å². The van der Waals surface area contributed by atoms with Gasteiger partial charge in [-0.25, -0.2) is 4.79 Å². The lowest BCUT2D eigenvalue weighted by Gasteiger charge is -2.13. The lowest BCUT2D eigenvalue weighted by atomic mass is 10.2. The van der Waals surface area contributed by atoms with Crippen molar-refractivity contribution < 1.29 is 19.1 Å². The first-order chi connectivity index (χ1) is 11.0. The fourth-order valence-electron chi connectivity index (χ4n) is 2.18. The third-order valence-electron chi connectivity index (χ3n) is 3.48. The van der Waals surface area contributed by atoms with Crippen LogP contribution < -0.4 is 0 Å². The van der Waals surface area contributed by atoms with Gasteiger partial charge in [0.2, 0.25) is 5.91 Å². The Hall–Kier alpha value is -2.88. The number of hydrogen-bond acceptors (Lipinski definition) is 5. The SMILES string of the molecule is CN1CC(=O)N(CCCC(=O)OCc2ccc(C#N)cc2)C1=O. The van der Waals surface area contributed by atoms with E-state index in [2.05, 4.69) is 0 Å². The topological polar surface area (TPSA) is 90.7 Å². The number of nitriles is 1. The second-order valence-electron chi connectivity index (χ2n) is 5.26. The summed E-state index contributed by atoms with van der Waals surface area (Å²) >= 11 is 0. The zero-order chi connectivity index (χ0) is 16.8. The van der Waals surface area contributed by atoms with Gasteiger partial charge in [-0.15, -0.1) is 0 Å². The molecule has 0 radical (unpaired) electrons. The van der Waals surface area contributed by atoms with Crippen LogP contribution in [-0.2, 0) is 20.9 Å². The van der Waals surface area contributed by atoms with Crippen LogP contribution in [0.2, 0.25) is 0 Å². The fraction of sp³-hybridized carbons (Fsp3) is 0.375. The summed E-state index contributed by atoms with van der Waals surface area (Å²) in [4.78, 5) is 37.4. The van der Waals surface area contributed by atoms with E-state index in [-0.39, 0.29) is 44.0 Å². The van der Waals surface area contributed by atoms with E-state index in [4.69, 9.17) is 10.00 Å². The number of rotatable bonds is 6. The zero-order valence-corrected chi connectivity index (χ0v) is 12.8. The second-order valence-corrected chi connectivity index (χ2v) is 5.26. The molecule has 7 heteroatoms. The minimum absolute atomic E-state index is 0.0853. The van der Waals surface area contributed by atoms with E-state index in [0.29, 0.717) is 12.0 Å². The summed E-state index contributed by atoms with van der Waals surface area (Å²) in [5, 5.41) is 8.70. The summed E-state index contributed by atoms with van der Waals surface area (Å²) in [6.45, 7) is 0.435. The smallest absolute Gasteiger partial charge is 0.326 e. The summed E-state index contributed by atoms with van der Waals surface area (Å²) in [7, 11) is 1.56. The van der Waals surface area contributed by atoms with Gasteiger partial charge >= 0.3 is 12.0 Å². The molecule has 1 heterocycles. The van der Waals surface area contributed by atoms with E-state index in [9.17, 15) is 14.4 Å². The number of carbonyl (C=O) groups is 3. The Morgan fingerprint density at radius 3 is 2.57 bits per heavy atom. The first-order valence-electron chi connectivity index (χ1n) is 7.21. The van der Waals surface area contributed by atoms with Crippen molar-refractivity contribution in [3.05, 3.63) is 35.4 Å². The quantitative estimate of drug-likeness (QED) is 0.582. The fourth-order valence-corrected chi connectivity index (χ4v) is 2.18. The van der Waals surface area contributed by atoms with Crippen molar-refractivity contribution in [2.24, 2.45) is 0 Å². The van der Waals surface area contributed by atoms with E-state index in [1.807, 2.05) is 6.07 Å². The number of urea groups is 1. The van der Waals surface area contributed by atoms with Gasteiger partial charge in [0.25, 0.3) is 0 Å². The number of ether oxygens (including phenoxy) is 1. The third kappa shape index (κ3) is 4.30. The van der Waals surface area contributed by atoms with Crippen LogP contribution in [0.5, 0.6) is 0 Å². The molecule has 1 fully saturated rings. The van der Waals surface area contributed by atoms with E-state index in [0.717, 1.165) is 10.5 Å². The summed E-state index contributed by atoms with van der Waals surface area (Å²) in [6.07, 6.45) is 0.509. The van der Waals surface area contributed by atoms with Crippen LogP contribution in [0.25, 0.3) is 0 Å². The number of esters is 1. The maximum absolute atomic E-state index is 11.7. The van der Waals surface area contributed by atoms with Gasteiger partial charge < -0.3 is 9.64 Å². The van der Waals surface area contributed by atoms with Crippen LogP contribution in [0, 0.1) is 11.3 Å². The first-order valence-corrected chi connectivity index (χ1v) is 7.21. The molecule has 0 saturated carbocycles. The average molecular weight is 315 g/mol. The van der Waals surface area contributed by atoms with Crippen molar-refractivity contribution in [3.63, 3.8) is 0 Å². The molecule has 2 rings (SSSR count). The Bertz CT molecular complexity index is 648. The number of benzene rings is 1. The predicted octanol–water partition coefficient (Wildman–Crippen LogP) is 1.28. The maximum Gasteiger partial charge on any atom is 0.326 e. The van der Waals surface area contributed by atoms with Crippen LogP contribution in [0.15, 0.2) is 24.3 Å². The molecule has 0 aromatic heterocycles. The van der Waals surface area contributed by atoms with E-state index in [1.165, 1.54) is 4.90 Å². The summed E-state index contributed by atoms with van der Waals surface area (Å²) in [5.74, 6) is -0.634. The second kappa shape index (κ2) is 7.40. The van der Waals surface area contributed by atoms with Crippen LogP contribution in [0.1, 0.15) is 24.0 Å². The van der Waals surface area contributed by atoms with Gasteiger partial charge in [0.05, 0.1) is 11.6 Å². The minimum Gasteiger partial charge on any atom is -0.461 e. The van der Waals surface area contributed by atoms with E-state index in [1.54, 1.807) is 31.3 Å². The molecular formula is C16H17N3O4. The van der Waals surface area contributed by atoms with Gasteiger partial charge in [-0.05, 0) is 24.1 Å². The number of carbonyl (C=O) groups excluding carboxylic acids is 3. The molecule has 1 aromatic rings. The van der Waals surface area contributed by atoms with Gasteiger partial charge in [0.15, 0.2) is 0 Å². The molecule has 120 valence electrons. The van der Waals surface area contributed by atoms with Crippen molar-refractivity contribution in [1.29, 1.82) is 5.26 Å². The lowest BCUT2D eigenvalue weighted by Crippen LogP contribution is -2.32. The lowest BCUT2D eigenvalue weighted by molar-refractivity contribution is -0.145. The van der Waals surface area contributed by atoms with Gasteiger partial charge in [-0.3, -0.25) is 14.5 Å². The monoisotopic (exact) mass is 315 g/mol. The normalized spacial score (nSPS) is 14.1. The highest BCUT2D eigenvalue weighted by molar-refractivity contribution is 6.01. The Labute approximate surface area is 134 Å². The van der Waals surface area contributed by atoms with Gasteiger partial charge in [0.1, 0.15) is 13.2 Å². The van der Waals surface area contributed by atoms with Crippen molar-refractivity contribution in [2.75, 3.05) is 20.1 Å². The standard InChI is InChI=1S/C16H17N3O4/c1-18-10-14(20)19(16(18)22)8-2-3-15(21)23-11-13-6-4-12(9-17)5-7-13/h4-7H,2-3,8,10-11H2,1H3. The van der Waals surface area contributed by atoms with Gasteiger partial charge in [-0.2, -0.15) is 5.26 Å². The van der Waals surface area contributed by atoms with Crippen molar-refractivity contribution in [3.8, 4) is 6.07 Å². The summed E-state index contributed by atoms with van der Waals surface area (Å²) in [5.41, 5.74) is 1.34. The average Bonchev–Trinajstić information content (AvgIpc) is 2.79. The molecule has 0 unspecified atom stereocenters. The van der Waals surface area contributed by atoms with Crippen molar-refractivity contribution in [1.82, 2.24) is 9.80 Å². The molecule has 1 aliphatic heterocycles. The Morgan fingerprint density at radius 1 is 1.30 bits per heavy atom. The number of nitrogens with zero attached hydrogens (tertiary/aromatic N) is 3. The molecule has 23 heavy (non-hydrogen) atoms. The zero-order valence-electron chi connectivity index (χ0n) is 12.8. The van der Waals surface area contributed by atoms with E-state index >= 15 is 0 Å². The summed E-state index contributed by atoms with van der Waals surface area (Å²) < 4.78 is 5.12. The van der Waals surface area contributed by atoms with Gasteiger partial charge in [0, 0.05) is 20.0 Å². The molecule has 1 saturated heterocycles. The molecule has 0 aliphatic carbocycles. The Morgan fingerprint density at radius 2 is 2.00 bits per heavy atom. The molecule has 0 atom stereocenters. The molecule has 7 nitrogen and oxygen atoms in total. The minimum atomic E-state index is -0.387. The maximum atomic E-state index is 11.7.